The van der Waals surface area contributed by atoms with Crippen LogP contribution in [-0.2, 0) is 14.8 Å². The highest BCUT2D eigenvalue weighted by molar-refractivity contribution is 7.89. The molecule has 1 atom stereocenters. The van der Waals surface area contributed by atoms with Gasteiger partial charge in [-0.05, 0) is 61.1 Å². The lowest BCUT2D eigenvalue weighted by molar-refractivity contribution is -0.140. The molecule has 1 unspecified atom stereocenters. The average molecular weight is 420 g/mol. The Balaban J connectivity index is 1.64. The topological polar surface area (TPSA) is 63.7 Å². The van der Waals surface area contributed by atoms with E-state index < -0.39 is 15.8 Å². The number of ether oxygens (including phenoxy) is 1. The summed E-state index contributed by atoms with van der Waals surface area (Å²) >= 11 is 0. The number of rotatable bonds is 6. The van der Waals surface area contributed by atoms with Crippen LogP contribution in [0.25, 0.3) is 0 Å². The predicted molar refractivity (Wildman–Crippen MR) is 109 cm³/mol. The maximum Gasteiger partial charge on any atom is 0.314 e. The van der Waals surface area contributed by atoms with E-state index in [9.17, 15) is 17.6 Å². The molecule has 0 bridgehead atoms. The van der Waals surface area contributed by atoms with Crippen molar-refractivity contribution >= 4 is 16.0 Å². The minimum absolute atomic E-state index is 0.0578. The zero-order valence-electron chi connectivity index (χ0n) is 16.7. The Morgan fingerprint density at radius 3 is 2.38 bits per heavy atom. The summed E-state index contributed by atoms with van der Waals surface area (Å²) in [6.07, 6.45) is 1.73. The number of sulfonamides is 1. The first-order valence-corrected chi connectivity index (χ1v) is 11.3. The van der Waals surface area contributed by atoms with Crippen LogP contribution in [0.1, 0.15) is 44.6 Å². The molecule has 2 aromatic carbocycles. The molecule has 1 heterocycles. The van der Waals surface area contributed by atoms with Crippen molar-refractivity contribution in [1.29, 1.82) is 0 Å². The lowest BCUT2D eigenvalue weighted by atomic mass is 9.97. The van der Waals surface area contributed by atoms with E-state index in [1.165, 1.54) is 16.4 Å². The molecule has 7 heteroatoms. The summed E-state index contributed by atoms with van der Waals surface area (Å²) in [5, 5.41) is 0. The van der Waals surface area contributed by atoms with Gasteiger partial charge in [-0.25, -0.2) is 12.8 Å². The zero-order chi connectivity index (χ0) is 21.0. The molecule has 2 aromatic rings. The first-order chi connectivity index (χ1) is 13.8. The number of nitrogens with zero attached hydrogens (tertiary/aromatic N) is 1. The number of benzene rings is 2. The number of esters is 1. The third-order valence-electron chi connectivity index (χ3n) is 5.51. The Labute approximate surface area is 171 Å². The SMILES string of the molecule is CCC(C)c1ccccc1OC(=O)C1CCN(S(=O)(=O)c2ccc(F)cc2)CC1. The van der Waals surface area contributed by atoms with Crippen LogP contribution in [0.3, 0.4) is 0 Å². The maximum atomic E-state index is 13.1. The van der Waals surface area contributed by atoms with Crippen molar-refractivity contribution in [3.63, 3.8) is 0 Å². The summed E-state index contributed by atoms with van der Waals surface area (Å²) in [7, 11) is -3.69. The lowest BCUT2D eigenvalue weighted by Gasteiger charge is -2.30. The number of piperidine rings is 1. The van der Waals surface area contributed by atoms with E-state index in [-0.39, 0.29) is 35.8 Å². The number of halogens is 1. The standard InChI is InChI=1S/C22H26FNO4S/c1-3-16(2)20-6-4-5-7-21(20)28-22(25)17-12-14-24(15-13-17)29(26,27)19-10-8-18(23)9-11-19/h4-11,16-17H,3,12-15H2,1-2H3. The molecule has 1 saturated heterocycles. The summed E-state index contributed by atoms with van der Waals surface area (Å²) in [6, 6.07) is 12.3. The second-order valence-corrected chi connectivity index (χ2v) is 9.34. The molecule has 156 valence electrons. The van der Waals surface area contributed by atoms with Gasteiger partial charge in [0.15, 0.2) is 0 Å². The van der Waals surface area contributed by atoms with Crippen LogP contribution < -0.4 is 4.74 Å². The van der Waals surface area contributed by atoms with Crippen LogP contribution in [0.2, 0.25) is 0 Å². The van der Waals surface area contributed by atoms with Gasteiger partial charge in [0.25, 0.3) is 0 Å². The van der Waals surface area contributed by atoms with Gasteiger partial charge in [-0.2, -0.15) is 4.31 Å². The van der Waals surface area contributed by atoms with Gasteiger partial charge >= 0.3 is 5.97 Å². The van der Waals surface area contributed by atoms with Gasteiger partial charge in [0, 0.05) is 13.1 Å². The van der Waals surface area contributed by atoms with Gasteiger partial charge in [-0.3, -0.25) is 4.79 Å². The van der Waals surface area contributed by atoms with Crippen LogP contribution in [0, 0.1) is 11.7 Å². The average Bonchev–Trinajstić information content (AvgIpc) is 2.74. The number of carbonyl (C=O) groups excluding carboxylic acids is 1. The van der Waals surface area contributed by atoms with Crippen LogP contribution in [0.5, 0.6) is 5.75 Å². The molecule has 1 aliphatic rings. The van der Waals surface area contributed by atoms with E-state index in [1.807, 2.05) is 18.2 Å². The molecule has 0 N–H and O–H groups in total. The molecule has 1 fully saturated rings. The van der Waals surface area contributed by atoms with Crippen molar-refractivity contribution in [2.45, 2.75) is 43.9 Å². The highest BCUT2D eigenvalue weighted by atomic mass is 32.2. The molecule has 3 rings (SSSR count). The van der Waals surface area contributed by atoms with Gasteiger partial charge in [0.2, 0.25) is 10.0 Å². The number of para-hydroxylation sites is 1. The molecule has 0 aliphatic carbocycles. The molecule has 5 nitrogen and oxygen atoms in total. The van der Waals surface area contributed by atoms with E-state index in [2.05, 4.69) is 13.8 Å². The Morgan fingerprint density at radius 1 is 1.14 bits per heavy atom. The maximum absolute atomic E-state index is 13.1. The summed E-state index contributed by atoms with van der Waals surface area (Å²) in [4.78, 5) is 12.7. The van der Waals surface area contributed by atoms with Gasteiger partial charge < -0.3 is 4.74 Å². The zero-order valence-corrected chi connectivity index (χ0v) is 17.5. The van der Waals surface area contributed by atoms with Crippen molar-refractivity contribution < 1.29 is 22.3 Å². The van der Waals surface area contributed by atoms with Gasteiger partial charge in [-0.15, -0.1) is 0 Å². The molecule has 29 heavy (non-hydrogen) atoms. The first kappa shape index (κ1) is 21.5. The summed E-state index contributed by atoms with van der Waals surface area (Å²) < 4.78 is 45.5. The van der Waals surface area contributed by atoms with Crippen LogP contribution in [-0.4, -0.2) is 31.8 Å². The highest BCUT2D eigenvalue weighted by Crippen LogP contribution is 2.30. The van der Waals surface area contributed by atoms with E-state index >= 15 is 0 Å². The third-order valence-corrected chi connectivity index (χ3v) is 7.42. The molecule has 0 saturated carbocycles. The van der Waals surface area contributed by atoms with Gasteiger partial charge in [-0.1, -0.05) is 32.0 Å². The second kappa shape index (κ2) is 9.05. The van der Waals surface area contributed by atoms with Crippen LogP contribution >= 0.6 is 0 Å². The van der Waals surface area contributed by atoms with Crippen molar-refractivity contribution in [1.82, 2.24) is 4.31 Å². The van der Waals surface area contributed by atoms with Crippen LogP contribution in [0.4, 0.5) is 4.39 Å². The Morgan fingerprint density at radius 2 is 1.76 bits per heavy atom. The Kier molecular flexibility index (Phi) is 6.70. The van der Waals surface area contributed by atoms with Crippen molar-refractivity contribution in [2.24, 2.45) is 5.92 Å². The minimum atomic E-state index is -3.69. The largest absolute Gasteiger partial charge is 0.426 e. The summed E-state index contributed by atoms with van der Waals surface area (Å²) in [5.41, 5.74) is 1.000. The number of hydrogen-bond acceptors (Lipinski definition) is 4. The Bertz CT molecular complexity index is 951. The van der Waals surface area contributed by atoms with E-state index in [1.54, 1.807) is 6.07 Å². The quantitative estimate of drug-likeness (QED) is 0.516. The fraction of sp³-hybridized carbons (Fsp3) is 0.409. The van der Waals surface area contributed by atoms with E-state index in [4.69, 9.17) is 4.74 Å². The first-order valence-electron chi connectivity index (χ1n) is 9.89. The molecule has 0 aromatic heterocycles. The van der Waals surface area contributed by atoms with Crippen molar-refractivity contribution in [3.8, 4) is 5.75 Å². The molecular weight excluding hydrogens is 393 g/mol. The molecule has 1 aliphatic heterocycles. The lowest BCUT2D eigenvalue weighted by Crippen LogP contribution is -2.41. The fourth-order valence-electron chi connectivity index (χ4n) is 3.48. The molecular formula is C22H26FNO4S. The summed E-state index contributed by atoms with van der Waals surface area (Å²) in [6.45, 7) is 4.63. The monoisotopic (exact) mass is 419 g/mol. The fourth-order valence-corrected chi connectivity index (χ4v) is 4.95. The predicted octanol–water partition coefficient (Wildman–Crippen LogP) is 4.35. The van der Waals surface area contributed by atoms with Crippen LogP contribution in [0.15, 0.2) is 53.4 Å². The summed E-state index contributed by atoms with van der Waals surface area (Å²) in [5.74, 6) is -0.294. The molecule has 0 radical (unpaired) electrons. The van der Waals surface area contributed by atoms with Gasteiger partial charge in [0.1, 0.15) is 11.6 Å². The number of hydrogen-bond donors (Lipinski definition) is 0. The second-order valence-electron chi connectivity index (χ2n) is 7.40. The third kappa shape index (κ3) is 4.85. The number of carbonyl (C=O) groups is 1. The van der Waals surface area contributed by atoms with E-state index in [0.29, 0.717) is 18.6 Å². The smallest absolute Gasteiger partial charge is 0.314 e. The highest BCUT2D eigenvalue weighted by Gasteiger charge is 2.33. The molecule has 0 amide bonds. The van der Waals surface area contributed by atoms with Gasteiger partial charge in [0.05, 0.1) is 10.8 Å². The molecule has 0 spiro atoms. The van der Waals surface area contributed by atoms with E-state index in [0.717, 1.165) is 24.1 Å². The minimum Gasteiger partial charge on any atom is -0.426 e. The Hall–Kier alpha value is -2.25. The normalized spacial score (nSPS) is 17.1. The van der Waals surface area contributed by atoms with Crippen molar-refractivity contribution in [3.05, 3.63) is 59.9 Å². The van der Waals surface area contributed by atoms with Crippen molar-refractivity contribution in [2.75, 3.05) is 13.1 Å².